The molecule has 0 aromatic carbocycles. The van der Waals surface area contributed by atoms with Gasteiger partial charge in [-0.2, -0.15) is 0 Å². The van der Waals surface area contributed by atoms with Gasteiger partial charge in [0.05, 0.1) is 5.75 Å². The average Bonchev–Trinajstić information content (AvgIpc) is 2.44. The Kier molecular flexibility index (Phi) is 3.41. The summed E-state index contributed by atoms with van der Waals surface area (Å²) in [7, 11) is 0. The Hall–Kier alpha value is -0.840. The van der Waals surface area contributed by atoms with Crippen molar-refractivity contribution in [3.8, 4) is 0 Å². The van der Waals surface area contributed by atoms with E-state index in [0.717, 1.165) is 23.9 Å². The first-order valence-electron chi connectivity index (χ1n) is 5.31. The lowest BCUT2D eigenvalue weighted by Gasteiger charge is -2.04. The topological polar surface area (TPSA) is 47.8 Å². The van der Waals surface area contributed by atoms with Crippen LogP contribution in [-0.2, 0) is 17.8 Å². The Labute approximate surface area is 93.5 Å². The number of thioether (sulfide) groups is 1. The van der Waals surface area contributed by atoms with E-state index >= 15 is 0 Å². The second-order valence-corrected chi connectivity index (χ2v) is 4.79. The smallest absolute Gasteiger partial charge is 0.191 e. The number of rotatable bonds is 3. The highest BCUT2D eigenvalue weighted by molar-refractivity contribution is 7.99. The third-order valence-electron chi connectivity index (χ3n) is 2.48. The molecule has 0 saturated carbocycles. The molecule has 0 unspecified atom stereocenters. The number of hydrogen-bond acceptors (Lipinski definition) is 4. The largest absolute Gasteiger partial charge is 0.306 e. The number of aryl methyl sites for hydroxylation is 1. The van der Waals surface area contributed by atoms with Crippen LogP contribution in [0.15, 0.2) is 5.16 Å². The molecule has 0 N–H and O–H groups in total. The van der Waals surface area contributed by atoms with E-state index in [4.69, 9.17) is 0 Å². The van der Waals surface area contributed by atoms with Crippen molar-refractivity contribution in [2.24, 2.45) is 0 Å². The van der Waals surface area contributed by atoms with Gasteiger partial charge in [-0.25, -0.2) is 0 Å². The maximum atomic E-state index is 10.9. The monoisotopic (exact) mass is 225 g/mol. The van der Waals surface area contributed by atoms with Crippen LogP contribution in [0, 0.1) is 0 Å². The summed E-state index contributed by atoms with van der Waals surface area (Å²) in [5.74, 6) is 1.77. The molecule has 15 heavy (non-hydrogen) atoms. The van der Waals surface area contributed by atoms with Crippen molar-refractivity contribution in [3.05, 3.63) is 5.82 Å². The summed E-state index contributed by atoms with van der Waals surface area (Å²) in [5.41, 5.74) is 0. The van der Waals surface area contributed by atoms with Gasteiger partial charge in [-0.3, -0.25) is 4.79 Å². The van der Waals surface area contributed by atoms with Crippen LogP contribution in [0.3, 0.4) is 0 Å². The molecule has 2 heterocycles. The molecular formula is C10H15N3OS. The van der Waals surface area contributed by atoms with E-state index in [1.54, 1.807) is 6.92 Å². The van der Waals surface area contributed by atoms with Gasteiger partial charge in [0.1, 0.15) is 11.6 Å². The predicted molar refractivity (Wildman–Crippen MR) is 59.0 cm³/mol. The van der Waals surface area contributed by atoms with Crippen LogP contribution in [0.5, 0.6) is 0 Å². The van der Waals surface area contributed by atoms with E-state index in [9.17, 15) is 4.79 Å². The first-order valence-corrected chi connectivity index (χ1v) is 6.30. The summed E-state index contributed by atoms with van der Waals surface area (Å²) >= 11 is 1.50. The maximum absolute atomic E-state index is 10.9. The van der Waals surface area contributed by atoms with Gasteiger partial charge in [0.15, 0.2) is 5.16 Å². The number of hydrogen-bond donors (Lipinski definition) is 0. The van der Waals surface area contributed by atoms with Gasteiger partial charge in [0.2, 0.25) is 0 Å². The lowest BCUT2D eigenvalue weighted by molar-refractivity contribution is -0.114. The van der Waals surface area contributed by atoms with E-state index in [2.05, 4.69) is 14.8 Å². The number of Topliss-reactive ketones (excluding diaryl/α,β-unsaturated/α-hetero) is 1. The van der Waals surface area contributed by atoms with Gasteiger partial charge in [-0.1, -0.05) is 18.2 Å². The number of ketones is 1. The van der Waals surface area contributed by atoms with Crippen LogP contribution in [0.25, 0.3) is 0 Å². The first kappa shape index (κ1) is 10.7. The van der Waals surface area contributed by atoms with Crippen LogP contribution >= 0.6 is 11.8 Å². The minimum atomic E-state index is 0.186. The molecule has 1 aromatic rings. The summed E-state index contributed by atoms with van der Waals surface area (Å²) < 4.78 is 2.17. The lowest BCUT2D eigenvalue weighted by atomic mass is 10.2. The molecule has 4 nitrogen and oxygen atoms in total. The third-order valence-corrected chi connectivity index (χ3v) is 3.59. The predicted octanol–water partition coefficient (Wildman–Crippen LogP) is 1.69. The molecule has 1 aromatic heterocycles. The fourth-order valence-corrected chi connectivity index (χ4v) is 2.51. The van der Waals surface area contributed by atoms with Gasteiger partial charge in [-0.15, -0.1) is 10.2 Å². The Morgan fingerprint density at radius 3 is 3.07 bits per heavy atom. The summed E-state index contributed by atoms with van der Waals surface area (Å²) in [6, 6.07) is 0. The van der Waals surface area contributed by atoms with Crippen molar-refractivity contribution in [1.29, 1.82) is 0 Å². The molecule has 5 heteroatoms. The second kappa shape index (κ2) is 4.79. The molecule has 0 spiro atoms. The fourth-order valence-electron chi connectivity index (χ4n) is 1.73. The van der Waals surface area contributed by atoms with Gasteiger partial charge in [-0.05, 0) is 19.8 Å². The minimum absolute atomic E-state index is 0.186. The Morgan fingerprint density at radius 2 is 2.27 bits per heavy atom. The van der Waals surface area contributed by atoms with Crippen LogP contribution in [0.1, 0.15) is 32.0 Å². The second-order valence-electron chi connectivity index (χ2n) is 3.85. The van der Waals surface area contributed by atoms with Crippen molar-refractivity contribution in [3.63, 3.8) is 0 Å². The van der Waals surface area contributed by atoms with E-state index in [0.29, 0.717) is 5.75 Å². The van der Waals surface area contributed by atoms with E-state index in [1.807, 2.05) is 0 Å². The molecule has 0 atom stereocenters. The number of carbonyl (C=O) groups is 1. The highest BCUT2D eigenvalue weighted by Crippen LogP contribution is 2.21. The highest BCUT2D eigenvalue weighted by Gasteiger charge is 2.14. The molecule has 0 amide bonds. The molecular weight excluding hydrogens is 210 g/mol. The molecule has 0 radical (unpaired) electrons. The minimum Gasteiger partial charge on any atom is -0.306 e. The van der Waals surface area contributed by atoms with Crippen molar-refractivity contribution in [2.45, 2.75) is 44.3 Å². The SMILES string of the molecule is CC(=O)CSc1nnc2n1CCCCC2. The molecule has 1 aliphatic heterocycles. The summed E-state index contributed by atoms with van der Waals surface area (Å²) in [6.45, 7) is 2.61. The molecule has 2 rings (SSSR count). The van der Waals surface area contributed by atoms with Crippen molar-refractivity contribution in [2.75, 3.05) is 5.75 Å². The Morgan fingerprint density at radius 1 is 1.40 bits per heavy atom. The Balaban J connectivity index is 2.11. The fraction of sp³-hybridized carbons (Fsp3) is 0.700. The van der Waals surface area contributed by atoms with E-state index in [-0.39, 0.29) is 5.78 Å². The normalized spacial score (nSPS) is 15.8. The summed E-state index contributed by atoms with van der Waals surface area (Å²) in [4.78, 5) is 10.9. The summed E-state index contributed by atoms with van der Waals surface area (Å²) in [5, 5.41) is 9.22. The zero-order chi connectivity index (χ0) is 10.7. The lowest BCUT2D eigenvalue weighted by Crippen LogP contribution is -2.03. The maximum Gasteiger partial charge on any atom is 0.191 e. The first-order chi connectivity index (χ1) is 7.27. The standard InChI is InChI=1S/C10H15N3OS/c1-8(14)7-15-10-12-11-9-5-3-2-4-6-13(9)10/h2-7H2,1H3. The van der Waals surface area contributed by atoms with Gasteiger partial charge < -0.3 is 4.57 Å². The number of carbonyl (C=O) groups excluding carboxylic acids is 1. The van der Waals surface area contributed by atoms with Crippen molar-refractivity contribution >= 4 is 17.5 Å². The highest BCUT2D eigenvalue weighted by atomic mass is 32.2. The number of nitrogens with zero attached hydrogens (tertiary/aromatic N) is 3. The molecule has 0 saturated heterocycles. The van der Waals surface area contributed by atoms with E-state index < -0.39 is 0 Å². The summed E-state index contributed by atoms with van der Waals surface area (Å²) in [6.07, 6.45) is 4.68. The van der Waals surface area contributed by atoms with Crippen LogP contribution < -0.4 is 0 Å². The van der Waals surface area contributed by atoms with Crippen LogP contribution in [0.4, 0.5) is 0 Å². The average molecular weight is 225 g/mol. The zero-order valence-electron chi connectivity index (χ0n) is 8.90. The van der Waals surface area contributed by atoms with Crippen molar-refractivity contribution < 1.29 is 4.79 Å². The molecule has 0 fully saturated rings. The Bertz CT molecular complexity index is 362. The molecule has 0 bridgehead atoms. The van der Waals surface area contributed by atoms with E-state index in [1.165, 1.54) is 31.0 Å². The van der Waals surface area contributed by atoms with Gasteiger partial charge in [0, 0.05) is 13.0 Å². The number of aromatic nitrogens is 3. The molecule has 1 aliphatic rings. The molecule has 82 valence electrons. The third kappa shape index (κ3) is 2.59. The van der Waals surface area contributed by atoms with Gasteiger partial charge >= 0.3 is 0 Å². The zero-order valence-corrected chi connectivity index (χ0v) is 9.72. The quantitative estimate of drug-likeness (QED) is 0.734. The van der Waals surface area contributed by atoms with Gasteiger partial charge in [0.25, 0.3) is 0 Å². The van der Waals surface area contributed by atoms with Crippen LogP contribution in [-0.4, -0.2) is 26.3 Å². The van der Waals surface area contributed by atoms with Crippen LogP contribution in [0.2, 0.25) is 0 Å². The molecule has 0 aliphatic carbocycles. The van der Waals surface area contributed by atoms with Crippen molar-refractivity contribution in [1.82, 2.24) is 14.8 Å². The number of fused-ring (bicyclic) bond motifs is 1.